The Hall–Kier alpha value is -1.66. The molecular weight excluding hydrogens is 316 g/mol. The first-order valence-corrected chi connectivity index (χ1v) is 9.09. The van der Waals surface area contributed by atoms with Crippen molar-refractivity contribution in [2.24, 2.45) is 11.7 Å². The number of anilines is 1. The van der Waals surface area contributed by atoms with Crippen LogP contribution < -0.4 is 11.1 Å². The standard InChI is InChI=1S/C16H18N2O2S2/c1-2-9-5-6-10-12(8-9)22-16(13(10)14(17)19)18-15(20)11-4-3-7-21-11/h3-4,7,9H,2,5-6,8H2,1H3,(H2,17,19)(H,18,20)/t9-/m0/s1. The molecule has 0 fully saturated rings. The van der Waals surface area contributed by atoms with Crippen molar-refractivity contribution >= 4 is 39.5 Å². The van der Waals surface area contributed by atoms with Gasteiger partial charge in [0.25, 0.3) is 11.8 Å². The van der Waals surface area contributed by atoms with Crippen molar-refractivity contribution in [1.29, 1.82) is 0 Å². The van der Waals surface area contributed by atoms with E-state index in [1.165, 1.54) is 27.6 Å². The van der Waals surface area contributed by atoms with Crippen LogP contribution in [-0.2, 0) is 12.8 Å². The Balaban J connectivity index is 1.92. The van der Waals surface area contributed by atoms with E-state index in [0.717, 1.165) is 31.2 Å². The second kappa shape index (κ2) is 6.22. The highest BCUT2D eigenvalue weighted by Gasteiger charge is 2.28. The third-order valence-electron chi connectivity index (χ3n) is 4.16. The van der Waals surface area contributed by atoms with Crippen LogP contribution in [0.5, 0.6) is 0 Å². The number of thiophene rings is 2. The van der Waals surface area contributed by atoms with Gasteiger partial charge in [0, 0.05) is 4.88 Å². The molecule has 0 spiro atoms. The lowest BCUT2D eigenvalue weighted by Gasteiger charge is -2.20. The number of rotatable bonds is 4. The molecule has 3 N–H and O–H groups in total. The lowest BCUT2D eigenvalue weighted by atomic mass is 9.85. The highest BCUT2D eigenvalue weighted by atomic mass is 32.1. The molecule has 3 rings (SSSR count). The number of amides is 2. The van der Waals surface area contributed by atoms with Gasteiger partial charge in [-0.1, -0.05) is 19.4 Å². The summed E-state index contributed by atoms with van der Waals surface area (Å²) < 4.78 is 0. The molecular formula is C16H18N2O2S2. The zero-order valence-corrected chi connectivity index (χ0v) is 14.0. The molecule has 2 aromatic heterocycles. The van der Waals surface area contributed by atoms with Gasteiger partial charge in [-0.2, -0.15) is 0 Å². The summed E-state index contributed by atoms with van der Waals surface area (Å²) in [4.78, 5) is 25.9. The average molecular weight is 334 g/mol. The van der Waals surface area contributed by atoms with E-state index in [1.54, 1.807) is 6.07 Å². The second-order valence-corrected chi connectivity index (χ2v) is 7.57. The van der Waals surface area contributed by atoms with Crippen LogP contribution >= 0.6 is 22.7 Å². The van der Waals surface area contributed by atoms with Crippen LogP contribution in [0.15, 0.2) is 17.5 Å². The molecule has 1 atom stereocenters. The van der Waals surface area contributed by atoms with E-state index in [4.69, 9.17) is 5.73 Å². The van der Waals surface area contributed by atoms with Gasteiger partial charge in [-0.15, -0.1) is 22.7 Å². The normalized spacial score (nSPS) is 17.0. The molecule has 0 aliphatic heterocycles. The summed E-state index contributed by atoms with van der Waals surface area (Å²) in [5.74, 6) is 0.0322. The molecule has 2 aromatic rings. The molecule has 0 aromatic carbocycles. The molecule has 4 nitrogen and oxygen atoms in total. The average Bonchev–Trinajstić information content (AvgIpc) is 3.13. The Bertz CT molecular complexity index is 704. The fourth-order valence-electron chi connectivity index (χ4n) is 2.92. The Morgan fingerprint density at radius 1 is 1.45 bits per heavy atom. The first kappa shape index (κ1) is 15.2. The van der Waals surface area contributed by atoms with E-state index in [0.29, 0.717) is 21.4 Å². The molecule has 0 saturated heterocycles. The molecule has 0 saturated carbocycles. The van der Waals surface area contributed by atoms with Gasteiger partial charge in [0.2, 0.25) is 0 Å². The number of carbonyl (C=O) groups excluding carboxylic acids is 2. The van der Waals surface area contributed by atoms with Crippen molar-refractivity contribution in [3.8, 4) is 0 Å². The van der Waals surface area contributed by atoms with E-state index in [9.17, 15) is 9.59 Å². The molecule has 116 valence electrons. The van der Waals surface area contributed by atoms with Gasteiger partial charge in [0.1, 0.15) is 5.00 Å². The largest absolute Gasteiger partial charge is 0.365 e. The lowest BCUT2D eigenvalue weighted by Crippen LogP contribution is -2.19. The molecule has 1 aliphatic carbocycles. The van der Waals surface area contributed by atoms with Crippen LogP contribution in [0.2, 0.25) is 0 Å². The molecule has 0 unspecified atom stereocenters. The van der Waals surface area contributed by atoms with Crippen LogP contribution in [0.25, 0.3) is 0 Å². The number of hydrogen-bond acceptors (Lipinski definition) is 4. The van der Waals surface area contributed by atoms with E-state index in [-0.39, 0.29) is 5.91 Å². The number of fused-ring (bicyclic) bond motifs is 1. The van der Waals surface area contributed by atoms with Crippen molar-refractivity contribution < 1.29 is 9.59 Å². The maximum atomic E-state index is 12.2. The van der Waals surface area contributed by atoms with Gasteiger partial charge in [-0.3, -0.25) is 9.59 Å². The minimum Gasteiger partial charge on any atom is -0.365 e. The highest BCUT2D eigenvalue weighted by molar-refractivity contribution is 7.17. The molecule has 2 heterocycles. The number of carbonyl (C=O) groups is 2. The smallest absolute Gasteiger partial charge is 0.266 e. The maximum absolute atomic E-state index is 12.2. The zero-order valence-electron chi connectivity index (χ0n) is 12.3. The zero-order chi connectivity index (χ0) is 15.7. The number of nitrogens with one attached hydrogen (secondary N) is 1. The van der Waals surface area contributed by atoms with Gasteiger partial charge < -0.3 is 11.1 Å². The van der Waals surface area contributed by atoms with Crippen molar-refractivity contribution in [2.75, 3.05) is 5.32 Å². The van der Waals surface area contributed by atoms with Crippen molar-refractivity contribution in [1.82, 2.24) is 0 Å². The Labute approximate surface area is 137 Å². The Morgan fingerprint density at radius 2 is 2.27 bits per heavy atom. The minimum absolute atomic E-state index is 0.178. The predicted molar refractivity (Wildman–Crippen MR) is 90.9 cm³/mol. The highest BCUT2D eigenvalue weighted by Crippen LogP contribution is 2.40. The number of hydrogen-bond donors (Lipinski definition) is 2. The minimum atomic E-state index is -0.450. The topological polar surface area (TPSA) is 72.2 Å². The number of primary amides is 1. The maximum Gasteiger partial charge on any atom is 0.266 e. The Morgan fingerprint density at radius 3 is 2.91 bits per heavy atom. The summed E-state index contributed by atoms with van der Waals surface area (Å²) in [5.41, 5.74) is 7.12. The van der Waals surface area contributed by atoms with Crippen LogP contribution in [0.3, 0.4) is 0 Å². The summed E-state index contributed by atoms with van der Waals surface area (Å²) in [5, 5.41) is 5.33. The molecule has 22 heavy (non-hydrogen) atoms. The SMILES string of the molecule is CC[C@H]1CCc2c(sc(NC(=O)c3cccs3)c2C(N)=O)C1. The Kier molecular flexibility index (Phi) is 4.31. The van der Waals surface area contributed by atoms with Crippen molar-refractivity contribution in [3.63, 3.8) is 0 Å². The van der Waals surface area contributed by atoms with Gasteiger partial charge in [0.05, 0.1) is 10.4 Å². The first-order chi connectivity index (χ1) is 10.6. The van der Waals surface area contributed by atoms with Crippen molar-refractivity contribution in [3.05, 3.63) is 38.4 Å². The summed E-state index contributed by atoms with van der Waals surface area (Å²) in [6.45, 7) is 2.19. The van der Waals surface area contributed by atoms with Crippen LogP contribution in [0, 0.1) is 5.92 Å². The first-order valence-electron chi connectivity index (χ1n) is 7.39. The van der Waals surface area contributed by atoms with Gasteiger partial charge in [0.15, 0.2) is 0 Å². The molecule has 2 amide bonds. The van der Waals surface area contributed by atoms with Gasteiger partial charge >= 0.3 is 0 Å². The van der Waals surface area contributed by atoms with Crippen LogP contribution in [0.4, 0.5) is 5.00 Å². The molecule has 0 bridgehead atoms. The third-order valence-corrected chi connectivity index (χ3v) is 6.20. The summed E-state index contributed by atoms with van der Waals surface area (Å²) in [6, 6.07) is 3.60. The molecule has 0 radical (unpaired) electrons. The lowest BCUT2D eigenvalue weighted by molar-refractivity contribution is 0.1000. The van der Waals surface area contributed by atoms with Gasteiger partial charge in [-0.25, -0.2) is 0 Å². The quantitative estimate of drug-likeness (QED) is 0.895. The van der Waals surface area contributed by atoms with E-state index in [1.807, 2.05) is 11.4 Å². The van der Waals surface area contributed by atoms with Crippen molar-refractivity contribution in [2.45, 2.75) is 32.6 Å². The second-order valence-electron chi connectivity index (χ2n) is 5.52. The summed E-state index contributed by atoms with van der Waals surface area (Å²) >= 11 is 2.89. The fourth-order valence-corrected chi connectivity index (χ4v) is 4.91. The van der Waals surface area contributed by atoms with E-state index >= 15 is 0 Å². The van der Waals surface area contributed by atoms with Crippen LogP contribution in [0.1, 0.15) is 50.2 Å². The fraction of sp³-hybridized carbons (Fsp3) is 0.375. The van der Waals surface area contributed by atoms with E-state index < -0.39 is 5.91 Å². The third kappa shape index (κ3) is 2.80. The van der Waals surface area contributed by atoms with Crippen LogP contribution in [-0.4, -0.2) is 11.8 Å². The number of nitrogens with two attached hydrogens (primary N) is 1. The summed E-state index contributed by atoms with van der Waals surface area (Å²) in [7, 11) is 0. The monoisotopic (exact) mass is 334 g/mol. The van der Waals surface area contributed by atoms with Gasteiger partial charge in [-0.05, 0) is 42.2 Å². The van der Waals surface area contributed by atoms with E-state index in [2.05, 4.69) is 12.2 Å². The predicted octanol–water partition coefficient (Wildman–Crippen LogP) is 3.68. The molecule has 6 heteroatoms. The summed E-state index contributed by atoms with van der Waals surface area (Å²) in [6.07, 6.45) is 4.07. The molecule has 1 aliphatic rings.